The smallest absolute Gasteiger partial charge is 0.260 e. The van der Waals surface area contributed by atoms with Crippen LogP contribution in [-0.2, 0) is 0 Å². The maximum atomic E-state index is 15.2. The van der Waals surface area contributed by atoms with Crippen molar-refractivity contribution in [3.05, 3.63) is 150 Å². The first-order valence-electron chi connectivity index (χ1n) is 18.1. The second-order valence-electron chi connectivity index (χ2n) is 13.9. The fraction of sp³-hybridized carbons (Fsp3) is 0.318. The Labute approximate surface area is 286 Å². The normalized spacial score (nSPS) is 20.7. The van der Waals surface area contributed by atoms with Gasteiger partial charge in [-0.15, -0.1) is 0 Å². The summed E-state index contributed by atoms with van der Waals surface area (Å²) in [5, 5.41) is 3.69. The van der Waals surface area contributed by atoms with Crippen LogP contribution in [0.15, 0.2) is 132 Å². The minimum atomic E-state index is -0.401. The molecular weight excluding hydrogens is 603 g/mol. The summed E-state index contributed by atoms with van der Waals surface area (Å²) in [5.74, 6) is 0.854. The number of aliphatic imine (C=N–C) groups is 1. The van der Waals surface area contributed by atoms with Gasteiger partial charge in [-0.25, -0.2) is 0 Å². The molecule has 5 aromatic rings. The third kappa shape index (κ3) is 6.14. The van der Waals surface area contributed by atoms with E-state index in [9.17, 15) is 0 Å². The number of amidine groups is 1. The molecule has 0 saturated heterocycles. The van der Waals surface area contributed by atoms with E-state index in [-0.39, 0.29) is 18.0 Å². The Bertz CT molecular complexity index is 1870. The molecule has 0 bridgehead atoms. The molecular formula is C44H45N2OP. The second-order valence-corrected chi connectivity index (χ2v) is 16.7. The number of hydrogen-bond acceptors (Lipinski definition) is 2. The summed E-state index contributed by atoms with van der Waals surface area (Å²) < 4.78 is 0. The number of amides is 1. The number of nitrogens with zero attached hydrogens (tertiary/aromatic N) is 2. The van der Waals surface area contributed by atoms with Gasteiger partial charge in [-0.2, -0.15) is 0 Å². The van der Waals surface area contributed by atoms with Gasteiger partial charge in [-0.1, -0.05) is 162 Å². The Morgan fingerprint density at radius 3 is 1.81 bits per heavy atom. The van der Waals surface area contributed by atoms with Crippen molar-refractivity contribution in [1.29, 1.82) is 0 Å². The highest BCUT2D eigenvalue weighted by atomic mass is 31.1. The largest absolute Gasteiger partial charge is 0.282 e. The molecule has 0 aromatic heterocycles. The van der Waals surface area contributed by atoms with Gasteiger partial charge in [0.25, 0.3) is 5.91 Å². The van der Waals surface area contributed by atoms with Crippen molar-refractivity contribution < 1.29 is 4.79 Å². The number of rotatable bonds is 7. The topological polar surface area (TPSA) is 32.7 Å². The van der Waals surface area contributed by atoms with Gasteiger partial charge in [-0.05, 0) is 76.3 Å². The van der Waals surface area contributed by atoms with E-state index >= 15 is 4.79 Å². The number of fused-ring (bicyclic) bond motifs is 1. The predicted molar refractivity (Wildman–Crippen MR) is 202 cm³/mol. The van der Waals surface area contributed by atoms with Crippen LogP contribution in [0.1, 0.15) is 103 Å². The Balaban J connectivity index is 1.31. The fourth-order valence-electron chi connectivity index (χ4n) is 8.61. The first-order chi connectivity index (χ1) is 23.8. The molecule has 5 aromatic carbocycles. The zero-order chi connectivity index (χ0) is 32.3. The van der Waals surface area contributed by atoms with Crippen LogP contribution in [0.3, 0.4) is 0 Å². The summed E-state index contributed by atoms with van der Waals surface area (Å²) in [5.41, 5.74) is 5.62. The minimum absolute atomic E-state index is 0.0150. The van der Waals surface area contributed by atoms with Crippen molar-refractivity contribution in [3.63, 3.8) is 0 Å². The maximum absolute atomic E-state index is 15.2. The van der Waals surface area contributed by atoms with Crippen LogP contribution >= 0.6 is 7.92 Å². The zero-order valence-electron chi connectivity index (χ0n) is 27.8. The zero-order valence-corrected chi connectivity index (χ0v) is 28.6. The molecule has 0 N–H and O–H groups in total. The Morgan fingerprint density at radius 2 is 1.15 bits per heavy atom. The summed E-state index contributed by atoms with van der Waals surface area (Å²) >= 11 is 0. The van der Waals surface area contributed by atoms with E-state index in [2.05, 4.69) is 120 Å². The van der Waals surface area contributed by atoms with Crippen LogP contribution in [0, 0.1) is 0 Å². The molecule has 3 aliphatic rings. The molecule has 2 fully saturated rings. The van der Waals surface area contributed by atoms with Gasteiger partial charge >= 0.3 is 0 Å². The lowest BCUT2D eigenvalue weighted by Gasteiger charge is -2.40. The summed E-state index contributed by atoms with van der Waals surface area (Å²) in [4.78, 5) is 22.9. The lowest BCUT2D eigenvalue weighted by atomic mass is 9.93. The van der Waals surface area contributed by atoms with Crippen molar-refractivity contribution in [3.8, 4) is 0 Å². The average molecular weight is 649 g/mol. The van der Waals surface area contributed by atoms with Gasteiger partial charge < -0.3 is 0 Å². The van der Waals surface area contributed by atoms with Crippen molar-refractivity contribution in [1.82, 2.24) is 4.90 Å². The third-order valence-corrected chi connectivity index (χ3v) is 14.5. The number of hydrogen-bond donors (Lipinski definition) is 0. The molecule has 2 atom stereocenters. The summed E-state index contributed by atoms with van der Waals surface area (Å²) in [7, 11) is -0.401. The van der Waals surface area contributed by atoms with Crippen molar-refractivity contribution >= 4 is 35.7 Å². The lowest BCUT2D eigenvalue weighted by Crippen LogP contribution is -2.40. The highest BCUT2D eigenvalue weighted by Crippen LogP contribution is 2.56. The van der Waals surface area contributed by atoms with E-state index < -0.39 is 7.92 Å². The SMILES string of the molecule is O=C(c1ccc2ccccc2c1)N1C(c2ccccc2P(C2CCCCC2)C2CCCCC2)=N[C@H](c2ccccc2)[C@H]1c1ccccc1. The van der Waals surface area contributed by atoms with Crippen LogP contribution in [0.4, 0.5) is 0 Å². The molecule has 3 nitrogen and oxygen atoms in total. The van der Waals surface area contributed by atoms with E-state index in [0.717, 1.165) is 39.1 Å². The molecule has 0 radical (unpaired) electrons. The van der Waals surface area contributed by atoms with Crippen molar-refractivity contribution in [2.24, 2.45) is 4.99 Å². The highest BCUT2D eigenvalue weighted by Gasteiger charge is 2.44. The van der Waals surface area contributed by atoms with Crippen LogP contribution in [0.5, 0.6) is 0 Å². The van der Waals surface area contributed by atoms with Gasteiger partial charge in [0.1, 0.15) is 11.9 Å². The van der Waals surface area contributed by atoms with Gasteiger partial charge in [0.15, 0.2) is 0 Å². The molecule has 2 saturated carbocycles. The quantitative estimate of drug-likeness (QED) is 0.162. The Hall–Kier alpha value is -4.07. The van der Waals surface area contributed by atoms with Crippen LogP contribution in [0.2, 0.25) is 0 Å². The predicted octanol–water partition coefficient (Wildman–Crippen LogP) is 11.0. The second kappa shape index (κ2) is 14.2. The monoisotopic (exact) mass is 648 g/mol. The molecule has 4 heteroatoms. The molecule has 1 heterocycles. The maximum Gasteiger partial charge on any atom is 0.260 e. The van der Waals surface area contributed by atoms with Gasteiger partial charge in [-0.3, -0.25) is 14.7 Å². The molecule has 0 spiro atoms. The number of benzene rings is 5. The highest BCUT2D eigenvalue weighted by molar-refractivity contribution is 7.67. The van der Waals surface area contributed by atoms with Crippen molar-refractivity contribution in [2.75, 3.05) is 0 Å². The minimum Gasteiger partial charge on any atom is -0.282 e. The lowest BCUT2D eigenvalue weighted by molar-refractivity contribution is 0.0805. The Morgan fingerprint density at radius 1 is 0.583 bits per heavy atom. The molecule has 8 rings (SSSR count). The first kappa shape index (κ1) is 31.2. The van der Waals surface area contributed by atoms with E-state index in [4.69, 9.17) is 4.99 Å². The fourth-order valence-corrected chi connectivity index (χ4v) is 12.5. The standard InChI is InChI=1S/C44H45N2OP/c47-44(36-30-29-32-17-13-14-22-35(32)31-36)46-42(34-20-7-2-8-21-34)41(33-18-5-1-6-19-33)45-43(46)39-27-15-16-28-40(39)48(37-23-9-3-10-24-37)38-25-11-4-12-26-38/h1-2,5-8,13-22,27-31,37-38,41-42H,3-4,9-12,23-26H2/t41-,42-/m1/s1. The third-order valence-electron chi connectivity index (χ3n) is 10.9. The van der Waals surface area contributed by atoms with Gasteiger partial charge in [0.2, 0.25) is 0 Å². The molecule has 1 aliphatic heterocycles. The van der Waals surface area contributed by atoms with E-state index in [1.54, 1.807) is 0 Å². The van der Waals surface area contributed by atoms with Crippen molar-refractivity contribution in [2.45, 2.75) is 87.6 Å². The van der Waals surface area contributed by atoms with E-state index in [0.29, 0.717) is 5.56 Å². The molecule has 0 unspecified atom stereocenters. The number of carbonyl (C=O) groups is 1. The average Bonchev–Trinajstić information content (AvgIpc) is 3.57. The van der Waals surface area contributed by atoms with Crippen LogP contribution in [0.25, 0.3) is 10.8 Å². The summed E-state index contributed by atoms with van der Waals surface area (Å²) in [6.07, 6.45) is 13.5. The van der Waals surface area contributed by atoms with E-state index in [1.807, 2.05) is 12.1 Å². The molecule has 48 heavy (non-hydrogen) atoms. The first-order valence-corrected chi connectivity index (χ1v) is 19.6. The van der Waals surface area contributed by atoms with Gasteiger partial charge in [0, 0.05) is 11.1 Å². The molecule has 2 aliphatic carbocycles. The van der Waals surface area contributed by atoms with E-state index in [1.165, 1.54) is 75.1 Å². The Kier molecular flexibility index (Phi) is 9.23. The summed E-state index contributed by atoms with van der Waals surface area (Å²) in [6.45, 7) is 0. The summed E-state index contributed by atoms with van der Waals surface area (Å²) in [6, 6.07) is 44.3. The van der Waals surface area contributed by atoms with Crippen LogP contribution in [-0.4, -0.2) is 28.0 Å². The van der Waals surface area contributed by atoms with Crippen LogP contribution < -0.4 is 5.30 Å². The molecule has 242 valence electrons. The van der Waals surface area contributed by atoms with Gasteiger partial charge in [0.05, 0.1) is 6.04 Å². The number of carbonyl (C=O) groups excluding carboxylic acids is 1. The molecule has 1 amide bonds.